The van der Waals surface area contributed by atoms with E-state index in [-0.39, 0.29) is 12.3 Å². The number of esters is 1. The molecule has 1 aromatic heterocycles. The molecule has 32 heavy (non-hydrogen) atoms. The van der Waals surface area contributed by atoms with Crippen molar-refractivity contribution in [3.8, 4) is 0 Å². The second kappa shape index (κ2) is 11.2. The van der Waals surface area contributed by atoms with Crippen molar-refractivity contribution < 1.29 is 19.4 Å². The van der Waals surface area contributed by atoms with Crippen LogP contribution < -0.4 is 5.32 Å². The maximum Gasteiger partial charge on any atom is 0.323 e. The lowest BCUT2D eigenvalue weighted by molar-refractivity contribution is -0.158. The highest BCUT2D eigenvalue weighted by molar-refractivity contribution is 6.34. The van der Waals surface area contributed by atoms with Gasteiger partial charge < -0.3 is 14.4 Å². The Morgan fingerprint density at radius 1 is 1.16 bits per heavy atom. The fourth-order valence-electron chi connectivity index (χ4n) is 3.31. The summed E-state index contributed by atoms with van der Waals surface area (Å²) >= 11 is 12.2. The molecule has 176 valence electrons. The van der Waals surface area contributed by atoms with Crippen molar-refractivity contribution in [2.45, 2.75) is 71.7 Å². The Morgan fingerprint density at radius 3 is 2.31 bits per heavy atom. The van der Waals surface area contributed by atoms with Crippen LogP contribution in [0.2, 0.25) is 10.0 Å². The number of nitrogens with one attached hydrogen (secondary N) is 1. The van der Waals surface area contributed by atoms with Crippen molar-refractivity contribution >= 4 is 35.1 Å². The van der Waals surface area contributed by atoms with Crippen LogP contribution in [0.1, 0.15) is 52.3 Å². The van der Waals surface area contributed by atoms with E-state index in [1.54, 1.807) is 51.5 Å². The quantitative estimate of drug-likeness (QED) is 0.480. The summed E-state index contributed by atoms with van der Waals surface area (Å²) < 4.78 is 7.34. The monoisotopic (exact) mass is 483 g/mol. The summed E-state index contributed by atoms with van der Waals surface area (Å²) in [5, 5.41) is 13.9. The summed E-state index contributed by atoms with van der Waals surface area (Å²) in [5.41, 5.74) is 0.908. The maximum atomic E-state index is 12.7. The van der Waals surface area contributed by atoms with Gasteiger partial charge in [-0.2, -0.15) is 0 Å². The number of aliphatic carboxylic acids is 1. The van der Waals surface area contributed by atoms with E-state index in [1.165, 1.54) is 0 Å². The van der Waals surface area contributed by atoms with E-state index in [0.717, 1.165) is 5.56 Å². The largest absolute Gasteiger partial charge is 0.480 e. The van der Waals surface area contributed by atoms with Crippen molar-refractivity contribution in [2.24, 2.45) is 5.92 Å². The molecule has 0 spiro atoms. The molecule has 0 amide bonds. The summed E-state index contributed by atoms with van der Waals surface area (Å²) in [6.45, 7) is 9.73. The van der Waals surface area contributed by atoms with Crippen molar-refractivity contribution in [3.63, 3.8) is 0 Å². The minimum absolute atomic E-state index is 0.140. The third kappa shape index (κ3) is 8.45. The minimum atomic E-state index is -1.05. The SMILES string of the molecule is CC(C)CC(NC(Cc1cncn1Cc1cc(Cl)cc(Cl)c1)C(=O)O)C(=O)OC(C)(C)C. The Balaban J connectivity index is 2.20. The van der Waals surface area contributed by atoms with Gasteiger partial charge in [-0.3, -0.25) is 14.9 Å². The van der Waals surface area contributed by atoms with Gasteiger partial charge in [0.15, 0.2) is 0 Å². The van der Waals surface area contributed by atoms with E-state index in [4.69, 9.17) is 27.9 Å². The number of rotatable bonds is 10. The number of ether oxygens (including phenoxy) is 1. The van der Waals surface area contributed by atoms with Crippen LogP contribution in [0.25, 0.3) is 0 Å². The fraction of sp³-hybridized carbons (Fsp3) is 0.522. The second-order valence-electron chi connectivity index (χ2n) is 9.27. The molecule has 2 atom stereocenters. The van der Waals surface area contributed by atoms with Crippen LogP contribution in [0.15, 0.2) is 30.7 Å². The predicted octanol–water partition coefficient (Wildman–Crippen LogP) is 4.58. The lowest BCUT2D eigenvalue weighted by Gasteiger charge is -2.27. The number of aromatic nitrogens is 2. The highest BCUT2D eigenvalue weighted by Crippen LogP contribution is 2.21. The van der Waals surface area contributed by atoms with Crippen molar-refractivity contribution in [2.75, 3.05) is 0 Å². The first-order valence-corrected chi connectivity index (χ1v) is 11.3. The summed E-state index contributed by atoms with van der Waals surface area (Å²) in [7, 11) is 0. The Bertz CT molecular complexity index is 917. The zero-order valence-electron chi connectivity index (χ0n) is 19.1. The maximum absolute atomic E-state index is 12.7. The second-order valence-corrected chi connectivity index (χ2v) is 10.1. The molecule has 0 fully saturated rings. The number of nitrogens with zero attached hydrogens (tertiary/aromatic N) is 2. The molecule has 0 bridgehead atoms. The number of carbonyl (C=O) groups excluding carboxylic acids is 1. The predicted molar refractivity (Wildman–Crippen MR) is 125 cm³/mol. The molecular formula is C23H31Cl2N3O4. The smallest absolute Gasteiger partial charge is 0.323 e. The molecule has 0 aliphatic rings. The summed E-state index contributed by atoms with van der Waals surface area (Å²) in [4.78, 5) is 28.9. The highest BCUT2D eigenvalue weighted by atomic mass is 35.5. The van der Waals surface area contributed by atoms with Gasteiger partial charge in [0.05, 0.1) is 6.33 Å². The third-order valence-electron chi connectivity index (χ3n) is 4.59. The summed E-state index contributed by atoms with van der Waals surface area (Å²) in [6, 6.07) is 3.51. The van der Waals surface area contributed by atoms with Crippen LogP contribution in [0.4, 0.5) is 0 Å². The van der Waals surface area contributed by atoms with Crippen LogP contribution >= 0.6 is 23.2 Å². The van der Waals surface area contributed by atoms with E-state index in [0.29, 0.717) is 28.7 Å². The van der Waals surface area contributed by atoms with Gasteiger partial charge in [0, 0.05) is 34.9 Å². The number of carboxylic acids is 1. The molecule has 9 heteroatoms. The lowest BCUT2D eigenvalue weighted by Crippen LogP contribution is -2.50. The molecule has 2 N–H and O–H groups in total. The molecule has 2 rings (SSSR count). The molecule has 0 radical (unpaired) electrons. The zero-order valence-corrected chi connectivity index (χ0v) is 20.6. The van der Waals surface area contributed by atoms with Gasteiger partial charge in [0.1, 0.15) is 17.7 Å². The molecule has 2 aromatic rings. The average Bonchev–Trinajstić information content (AvgIpc) is 3.04. The van der Waals surface area contributed by atoms with Crippen molar-refractivity contribution in [1.82, 2.24) is 14.9 Å². The van der Waals surface area contributed by atoms with Gasteiger partial charge in [0.25, 0.3) is 0 Å². The average molecular weight is 484 g/mol. The number of benzene rings is 1. The third-order valence-corrected chi connectivity index (χ3v) is 5.02. The number of imidazole rings is 1. The van der Waals surface area contributed by atoms with Crippen LogP contribution in [0.3, 0.4) is 0 Å². The van der Waals surface area contributed by atoms with E-state index >= 15 is 0 Å². The molecular weight excluding hydrogens is 453 g/mol. The molecule has 0 saturated carbocycles. The summed E-state index contributed by atoms with van der Waals surface area (Å²) in [6.07, 6.45) is 3.84. The first kappa shape index (κ1) is 26.2. The van der Waals surface area contributed by atoms with Crippen LogP contribution in [-0.4, -0.2) is 44.3 Å². The van der Waals surface area contributed by atoms with Crippen LogP contribution in [-0.2, 0) is 27.3 Å². The van der Waals surface area contributed by atoms with Gasteiger partial charge in [-0.05, 0) is 56.9 Å². The fourth-order valence-corrected chi connectivity index (χ4v) is 3.88. The minimum Gasteiger partial charge on any atom is -0.480 e. The number of carbonyl (C=O) groups is 2. The first-order valence-electron chi connectivity index (χ1n) is 10.5. The van der Waals surface area contributed by atoms with Gasteiger partial charge in [-0.15, -0.1) is 0 Å². The highest BCUT2D eigenvalue weighted by Gasteiger charge is 2.31. The number of carboxylic acid groups (broad SMARTS) is 1. The molecule has 2 unspecified atom stereocenters. The van der Waals surface area contributed by atoms with Gasteiger partial charge in [-0.25, -0.2) is 4.98 Å². The molecule has 7 nitrogen and oxygen atoms in total. The molecule has 0 aliphatic heterocycles. The van der Waals surface area contributed by atoms with E-state index in [2.05, 4.69) is 10.3 Å². The molecule has 0 saturated heterocycles. The molecule has 0 aliphatic carbocycles. The Hall–Kier alpha value is -2.09. The topological polar surface area (TPSA) is 93.5 Å². The lowest BCUT2D eigenvalue weighted by atomic mass is 10.0. The standard InChI is InChI=1S/C23H31Cl2N3O4/c1-14(2)6-20(22(31)32-23(3,4)5)27-19(21(29)30)10-18-11-26-13-28(18)12-15-7-16(24)9-17(25)8-15/h7-9,11,13-14,19-20,27H,6,10,12H2,1-5H3,(H,29,30). The Morgan fingerprint density at radius 2 is 1.78 bits per heavy atom. The number of hydrogen-bond acceptors (Lipinski definition) is 5. The van der Waals surface area contributed by atoms with Gasteiger partial charge in [-0.1, -0.05) is 37.0 Å². The number of halogens is 2. The van der Waals surface area contributed by atoms with Gasteiger partial charge in [0.2, 0.25) is 0 Å². The Labute approximate surface area is 199 Å². The molecule has 1 aromatic carbocycles. The van der Waals surface area contributed by atoms with Crippen LogP contribution in [0, 0.1) is 5.92 Å². The normalized spacial score (nSPS) is 13.8. The summed E-state index contributed by atoms with van der Waals surface area (Å²) in [5.74, 6) is -1.34. The first-order chi connectivity index (χ1) is 14.8. The van der Waals surface area contributed by atoms with E-state index < -0.39 is 29.6 Å². The van der Waals surface area contributed by atoms with Crippen molar-refractivity contribution in [1.29, 1.82) is 0 Å². The Kier molecular flexibility index (Phi) is 9.13. The van der Waals surface area contributed by atoms with Crippen LogP contribution in [0.5, 0.6) is 0 Å². The zero-order chi connectivity index (χ0) is 24.1. The van der Waals surface area contributed by atoms with Crippen molar-refractivity contribution in [3.05, 3.63) is 52.0 Å². The van der Waals surface area contributed by atoms with Gasteiger partial charge >= 0.3 is 11.9 Å². The van der Waals surface area contributed by atoms with E-state index in [1.807, 2.05) is 18.4 Å². The number of hydrogen-bond donors (Lipinski definition) is 2. The van der Waals surface area contributed by atoms with E-state index in [9.17, 15) is 14.7 Å². The molecule has 1 heterocycles.